The molecule has 0 amide bonds. The van der Waals surface area contributed by atoms with E-state index in [0.29, 0.717) is 17.3 Å². The van der Waals surface area contributed by atoms with Gasteiger partial charge in [-0.15, -0.1) is 0 Å². The number of hydrogen-bond acceptors (Lipinski definition) is 4. The number of halogens is 3. The first kappa shape index (κ1) is 16.3. The van der Waals surface area contributed by atoms with Crippen molar-refractivity contribution in [1.82, 2.24) is 10.3 Å². The summed E-state index contributed by atoms with van der Waals surface area (Å²) in [7, 11) is 0. The summed E-state index contributed by atoms with van der Waals surface area (Å²) in [6.07, 6.45) is -2.89. The van der Waals surface area contributed by atoms with E-state index in [1.165, 1.54) is 12.1 Å². The molecule has 1 saturated heterocycles. The molecule has 0 radical (unpaired) electrons. The number of aliphatic imine (C=N–C) groups is 1. The van der Waals surface area contributed by atoms with Gasteiger partial charge >= 0.3 is 6.18 Å². The van der Waals surface area contributed by atoms with Gasteiger partial charge in [0.2, 0.25) is 0 Å². The number of alkyl halides is 3. The summed E-state index contributed by atoms with van der Waals surface area (Å²) >= 11 is 0. The average Bonchev–Trinajstić information content (AvgIpc) is 2.60. The maximum atomic E-state index is 13.1. The highest BCUT2D eigenvalue weighted by Crippen LogP contribution is 2.41. The lowest BCUT2D eigenvalue weighted by atomic mass is 9.96. The van der Waals surface area contributed by atoms with Crippen LogP contribution >= 0.6 is 0 Å². The Morgan fingerprint density at radius 1 is 1.12 bits per heavy atom. The molecule has 2 aliphatic heterocycles. The van der Waals surface area contributed by atoms with Crippen LogP contribution in [-0.4, -0.2) is 36.9 Å². The molecule has 1 fully saturated rings. The number of anilines is 1. The third kappa shape index (κ3) is 2.97. The number of pyridine rings is 1. The lowest BCUT2D eigenvalue weighted by molar-refractivity contribution is -0.137. The van der Waals surface area contributed by atoms with Crippen molar-refractivity contribution in [2.75, 3.05) is 31.1 Å². The molecule has 0 spiro atoms. The fourth-order valence-electron chi connectivity index (χ4n) is 3.50. The topological polar surface area (TPSA) is 40.5 Å². The van der Waals surface area contributed by atoms with Gasteiger partial charge in [0, 0.05) is 37.3 Å². The zero-order valence-corrected chi connectivity index (χ0v) is 14.0. The highest BCUT2D eigenvalue weighted by atomic mass is 19.4. The Morgan fingerprint density at radius 2 is 1.88 bits per heavy atom. The van der Waals surface area contributed by atoms with Crippen LogP contribution in [0.1, 0.15) is 24.5 Å². The number of aryl methyl sites for hydroxylation is 1. The lowest BCUT2D eigenvalue weighted by Crippen LogP contribution is -2.44. The Morgan fingerprint density at radius 3 is 2.60 bits per heavy atom. The Bertz CT molecular complexity index is 852. The maximum Gasteiger partial charge on any atom is 0.416 e. The Hall–Kier alpha value is -2.15. The van der Waals surface area contributed by atoms with Crippen LogP contribution in [0.5, 0.6) is 0 Å². The van der Waals surface area contributed by atoms with Gasteiger partial charge in [0.1, 0.15) is 5.69 Å². The standard InChI is InChI=1S/C18H19F3N4/c1-11-2-4-13-14-10-12(18(19,20)21)3-5-15(14)24-17(16(13)23-11)25-8-6-22-7-9-25/h3,5,10,22H,2,4,6-9H2,1H3. The molecular weight excluding hydrogens is 329 g/mol. The summed E-state index contributed by atoms with van der Waals surface area (Å²) in [6.45, 7) is 5.33. The van der Waals surface area contributed by atoms with Gasteiger partial charge in [0.25, 0.3) is 0 Å². The molecule has 132 valence electrons. The van der Waals surface area contributed by atoms with Crippen LogP contribution in [0.2, 0.25) is 0 Å². The fourth-order valence-corrected chi connectivity index (χ4v) is 3.50. The number of hydrogen-bond donors (Lipinski definition) is 1. The second-order valence-corrected chi connectivity index (χ2v) is 6.58. The molecule has 4 rings (SSSR count). The molecule has 2 aromatic rings. The molecule has 1 aromatic heterocycles. The van der Waals surface area contributed by atoms with Gasteiger partial charge in [-0.1, -0.05) is 0 Å². The second kappa shape index (κ2) is 5.98. The smallest absolute Gasteiger partial charge is 0.352 e. The summed E-state index contributed by atoms with van der Waals surface area (Å²) in [5, 5.41) is 3.87. The third-order valence-corrected chi connectivity index (χ3v) is 4.83. The molecule has 4 nitrogen and oxygen atoms in total. The second-order valence-electron chi connectivity index (χ2n) is 6.58. The molecule has 0 bridgehead atoms. The SMILES string of the molecule is CC1=Nc2c(N3CCNCC3)nc3ccc(C(F)(F)F)cc3c2CC1. The zero-order valence-electron chi connectivity index (χ0n) is 14.0. The highest BCUT2D eigenvalue weighted by molar-refractivity contribution is 5.97. The summed E-state index contributed by atoms with van der Waals surface area (Å²) in [6, 6.07) is 3.81. The van der Waals surface area contributed by atoms with Gasteiger partial charge in [-0.25, -0.2) is 4.98 Å². The largest absolute Gasteiger partial charge is 0.416 e. The van der Waals surface area contributed by atoms with Crippen molar-refractivity contribution in [1.29, 1.82) is 0 Å². The first-order chi connectivity index (χ1) is 11.9. The number of piperazine rings is 1. The first-order valence-electron chi connectivity index (χ1n) is 8.47. The van der Waals surface area contributed by atoms with E-state index >= 15 is 0 Å². The van der Waals surface area contributed by atoms with Crippen LogP contribution in [-0.2, 0) is 12.6 Å². The predicted octanol–water partition coefficient (Wildman–Crippen LogP) is 3.70. The van der Waals surface area contributed by atoms with Crippen LogP contribution in [0.3, 0.4) is 0 Å². The van der Waals surface area contributed by atoms with Gasteiger partial charge < -0.3 is 10.2 Å². The van der Waals surface area contributed by atoms with Gasteiger partial charge in [-0.05, 0) is 43.5 Å². The molecule has 1 N–H and O–H groups in total. The van der Waals surface area contributed by atoms with E-state index in [4.69, 9.17) is 4.98 Å². The summed E-state index contributed by atoms with van der Waals surface area (Å²) < 4.78 is 39.4. The van der Waals surface area contributed by atoms with Gasteiger partial charge in [-0.2, -0.15) is 13.2 Å². The number of benzene rings is 1. The number of aromatic nitrogens is 1. The zero-order chi connectivity index (χ0) is 17.6. The van der Waals surface area contributed by atoms with E-state index < -0.39 is 11.7 Å². The van der Waals surface area contributed by atoms with Crippen molar-refractivity contribution < 1.29 is 13.2 Å². The Labute approximate surface area is 143 Å². The number of nitrogens with one attached hydrogen (secondary N) is 1. The van der Waals surface area contributed by atoms with Gasteiger partial charge in [0.15, 0.2) is 5.82 Å². The van der Waals surface area contributed by atoms with Crippen LogP contribution < -0.4 is 10.2 Å². The van der Waals surface area contributed by atoms with Crippen molar-refractivity contribution in [3.63, 3.8) is 0 Å². The minimum absolute atomic E-state index is 0.569. The van der Waals surface area contributed by atoms with Crippen LogP contribution in [0.4, 0.5) is 24.7 Å². The van der Waals surface area contributed by atoms with Crippen molar-refractivity contribution >= 4 is 28.1 Å². The monoisotopic (exact) mass is 348 g/mol. The molecule has 0 saturated carbocycles. The number of fused-ring (bicyclic) bond motifs is 3. The summed E-state index contributed by atoms with van der Waals surface area (Å²) in [4.78, 5) is 11.5. The molecule has 25 heavy (non-hydrogen) atoms. The molecule has 0 aliphatic carbocycles. The van der Waals surface area contributed by atoms with Crippen molar-refractivity contribution in [2.45, 2.75) is 25.9 Å². The highest BCUT2D eigenvalue weighted by Gasteiger charge is 2.31. The minimum atomic E-state index is -4.36. The predicted molar refractivity (Wildman–Crippen MR) is 92.9 cm³/mol. The fraction of sp³-hybridized carbons (Fsp3) is 0.444. The van der Waals surface area contributed by atoms with E-state index in [2.05, 4.69) is 15.2 Å². The van der Waals surface area contributed by atoms with Crippen LogP contribution in [0.15, 0.2) is 23.2 Å². The van der Waals surface area contributed by atoms with Crippen LogP contribution in [0.25, 0.3) is 10.9 Å². The van der Waals surface area contributed by atoms with E-state index in [1.807, 2.05) is 6.92 Å². The molecule has 1 aromatic carbocycles. The quantitative estimate of drug-likeness (QED) is 0.854. The molecule has 3 heterocycles. The van der Waals surface area contributed by atoms with E-state index in [9.17, 15) is 13.2 Å². The van der Waals surface area contributed by atoms with Crippen molar-refractivity contribution in [3.8, 4) is 0 Å². The van der Waals surface area contributed by atoms with E-state index in [-0.39, 0.29) is 0 Å². The normalized spacial score (nSPS) is 18.2. The summed E-state index contributed by atoms with van der Waals surface area (Å²) in [5.74, 6) is 0.794. The van der Waals surface area contributed by atoms with E-state index in [0.717, 1.165) is 61.4 Å². The molecule has 0 atom stereocenters. The van der Waals surface area contributed by atoms with Crippen molar-refractivity contribution in [2.24, 2.45) is 4.99 Å². The maximum absolute atomic E-state index is 13.1. The van der Waals surface area contributed by atoms with Gasteiger partial charge in [0.05, 0.1) is 11.1 Å². The molecular formula is C18H19F3N4. The van der Waals surface area contributed by atoms with Gasteiger partial charge in [-0.3, -0.25) is 4.99 Å². The molecule has 2 aliphatic rings. The molecule has 7 heteroatoms. The Balaban J connectivity index is 1.94. The average molecular weight is 348 g/mol. The Kier molecular flexibility index (Phi) is 3.91. The lowest BCUT2D eigenvalue weighted by Gasteiger charge is -2.31. The summed E-state index contributed by atoms with van der Waals surface area (Å²) in [5.41, 5.74) is 2.60. The minimum Gasteiger partial charge on any atom is -0.352 e. The van der Waals surface area contributed by atoms with Crippen molar-refractivity contribution in [3.05, 3.63) is 29.3 Å². The van der Waals surface area contributed by atoms with E-state index in [1.54, 1.807) is 0 Å². The molecule has 0 unspecified atom stereocenters. The van der Waals surface area contributed by atoms with Crippen LogP contribution in [0, 0.1) is 0 Å². The third-order valence-electron chi connectivity index (χ3n) is 4.83. The number of nitrogens with zero attached hydrogens (tertiary/aromatic N) is 3. The first-order valence-corrected chi connectivity index (χ1v) is 8.47. The number of rotatable bonds is 1.